The van der Waals surface area contributed by atoms with Crippen molar-refractivity contribution in [1.29, 1.82) is 0 Å². The minimum Gasteiger partial charge on any atom is -0.481 e. The number of H-pyrrole nitrogens is 1. The second-order valence-electron chi connectivity index (χ2n) is 4.45. The van der Waals surface area contributed by atoms with Gasteiger partial charge in [0.2, 0.25) is 0 Å². The first-order valence-corrected chi connectivity index (χ1v) is 6.51. The van der Waals surface area contributed by atoms with Gasteiger partial charge in [-0.25, -0.2) is 0 Å². The Bertz CT molecular complexity index is 458. The van der Waals surface area contributed by atoms with Gasteiger partial charge in [-0.2, -0.15) is 0 Å². The fourth-order valence-electron chi connectivity index (χ4n) is 2.13. The molecule has 0 unspecified atom stereocenters. The topological polar surface area (TPSA) is 73.4 Å². The number of likely N-dealkylation sites (tertiary alicyclic amines) is 1. The number of hydrogen-bond donors (Lipinski definition) is 2. The lowest BCUT2D eigenvalue weighted by molar-refractivity contribution is -0.143. The Hall–Kier alpha value is -1.14. The van der Waals surface area contributed by atoms with Gasteiger partial charge in [-0.05, 0) is 32.9 Å². The van der Waals surface area contributed by atoms with Crippen molar-refractivity contribution < 1.29 is 9.90 Å². The van der Waals surface area contributed by atoms with Gasteiger partial charge in [0, 0.05) is 17.1 Å². The molecule has 0 saturated carbocycles. The van der Waals surface area contributed by atoms with Gasteiger partial charge in [-0.15, -0.1) is 0 Å². The highest BCUT2D eigenvalue weighted by Gasteiger charge is 2.24. The molecule has 1 aliphatic heterocycles. The Morgan fingerprint density at radius 2 is 2.18 bits per heavy atom. The van der Waals surface area contributed by atoms with E-state index in [-0.39, 0.29) is 10.8 Å². The number of thiazole rings is 1. The van der Waals surface area contributed by atoms with Crippen molar-refractivity contribution in [3.8, 4) is 0 Å². The number of piperidine rings is 1. The maximum Gasteiger partial charge on any atom is 0.306 e. The molecule has 1 aromatic heterocycles. The number of aryl methyl sites for hydroxylation is 1. The number of aromatic amines is 1. The van der Waals surface area contributed by atoms with Crippen molar-refractivity contribution >= 4 is 17.3 Å². The van der Waals surface area contributed by atoms with Crippen LogP contribution in [-0.4, -0.2) is 34.0 Å². The summed E-state index contributed by atoms with van der Waals surface area (Å²) in [4.78, 5) is 28.0. The zero-order valence-corrected chi connectivity index (χ0v) is 10.5. The third kappa shape index (κ3) is 2.95. The SMILES string of the molecule is Cc1[nH]c(=O)sc1CN1CCC(C(=O)O)CC1. The Morgan fingerprint density at radius 3 is 2.65 bits per heavy atom. The molecule has 1 aliphatic rings. The normalized spacial score (nSPS) is 18.4. The van der Waals surface area contributed by atoms with E-state index in [1.54, 1.807) is 0 Å². The predicted molar refractivity (Wildman–Crippen MR) is 65.3 cm³/mol. The van der Waals surface area contributed by atoms with E-state index in [9.17, 15) is 9.59 Å². The summed E-state index contributed by atoms with van der Waals surface area (Å²) < 4.78 is 0. The zero-order valence-electron chi connectivity index (χ0n) is 9.73. The summed E-state index contributed by atoms with van der Waals surface area (Å²) in [6, 6.07) is 0. The maximum atomic E-state index is 11.2. The Balaban J connectivity index is 1.92. The monoisotopic (exact) mass is 256 g/mol. The molecule has 17 heavy (non-hydrogen) atoms. The quantitative estimate of drug-likeness (QED) is 0.847. The molecule has 0 atom stereocenters. The fraction of sp³-hybridized carbons (Fsp3) is 0.636. The number of aliphatic carboxylic acids is 1. The molecule has 2 heterocycles. The number of hydrogen-bond acceptors (Lipinski definition) is 4. The summed E-state index contributed by atoms with van der Waals surface area (Å²) in [7, 11) is 0. The highest BCUT2D eigenvalue weighted by Crippen LogP contribution is 2.20. The average Bonchev–Trinajstić information content (AvgIpc) is 2.58. The predicted octanol–water partition coefficient (Wildman–Crippen LogP) is 1.04. The Kier molecular flexibility index (Phi) is 3.63. The van der Waals surface area contributed by atoms with E-state index in [0.717, 1.165) is 30.2 Å². The van der Waals surface area contributed by atoms with Crippen molar-refractivity contribution in [2.75, 3.05) is 13.1 Å². The van der Waals surface area contributed by atoms with E-state index in [1.807, 2.05) is 6.92 Å². The van der Waals surface area contributed by atoms with Crippen molar-refractivity contribution in [2.24, 2.45) is 5.92 Å². The summed E-state index contributed by atoms with van der Waals surface area (Å²) in [5.74, 6) is -0.885. The fourth-order valence-corrected chi connectivity index (χ4v) is 3.01. The second kappa shape index (κ2) is 5.01. The molecular formula is C11H16N2O3S. The lowest BCUT2D eigenvalue weighted by atomic mass is 9.97. The Morgan fingerprint density at radius 1 is 1.53 bits per heavy atom. The first-order valence-electron chi connectivity index (χ1n) is 5.70. The van der Waals surface area contributed by atoms with Gasteiger partial charge in [0.05, 0.1) is 5.92 Å². The molecule has 1 aromatic rings. The van der Waals surface area contributed by atoms with Gasteiger partial charge < -0.3 is 10.1 Å². The maximum absolute atomic E-state index is 11.2. The number of carboxylic acids is 1. The van der Waals surface area contributed by atoms with Crippen LogP contribution in [0.2, 0.25) is 0 Å². The van der Waals surface area contributed by atoms with E-state index in [4.69, 9.17) is 5.11 Å². The molecule has 0 bridgehead atoms. The smallest absolute Gasteiger partial charge is 0.306 e. The molecule has 0 aromatic carbocycles. The molecule has 1 fully saturated rings. The van der Waals surface area contributed by atoms with Crippen LogP contribution in [0, 0.1) is 12.8 Å². The number of nitrogens with one attached hydrogen (secondary N) is 1. The number of carbonyl (C=O) groups is 1. The minimum atomic E-state index is -0.688. The number of nitrogens with zero attached hydrogens (tertiary/aromatic N) is 1. The molecule has 2 rings (SSSR count). The third-order valence-corrected chi connectivity index (χ3v) is 4.20. The van der Waals surface area contributed by atoms with E-state index < -0.39 is 5.97 Å². The summed E-state index contributed by atoms with van der Waals surface area (Å²) in [6.45, 7) is 4.24. The molecule has 1 saturated heterocycles. The van der Waals surface area contributed by atoms with Crippen LogP contribution >= 0.6 is 11.3 Å². The van der Waals surface area contributed by atoms with Crippen molar-refractivity contribution in [1.82, 2.24) is 9.88 Å². The summed E-state index contributed by atoms with van der Waals surface area (Å²) in [5.41, 5.74) is 0.931. The lowest BCUT2D eigenvalue weighted by Crippen LogP contribution is -2.35. The average molecular weight is 256 g/mol. The van der Waals surface area contributed by atoms with E-state index >= 15 is 0 Å². The van der Waals surface area contributed by atoms with Crippen molar-refractivity contribution in [3.63, 3.8) is 0 Å². The molecule has 0 aliphatic carbocycles. The molecule has 5 nitrogen and oxygen atoms in total. The van der Waals surface area contributed by atoms with Crippen LogP contribution in [0.5, 0.6) is 0 Å². The first-order chi connectivity index (χ1) is 8.06. The minimum absolute atomic E-state index is 0.0158. The molecular weight excluding hydrogens is 240 g/mol. The van der Waals surface area contributed by atoms with E-state index in [1.165, 1.54) is 11.3 Å². The van der Waals surface area contributed by atoms with Crippen LogP contribution in [0.1, 0.15) is 23.4 Å². The number of carboxylic acid groups (broad SMARTS) is 1. The van der Waals surface area contributed by atoms with Gasteiger partial charge in [0.15, 0.2) is 0 Å². The van der Waals surface area contributed by atoms with Crippen molar-refractivity contribution in [2.45, 2.75) is 26.3 Å². The first kappa shape index (κ1) is 12.3. The second-order valence-corrected chi connectivity index (χ2v) is 5.52. The van der Waals surface area contributed by atoms with Gasteiger partial charge >= 0.3 is 10.8 Å². The lowest BCUT2D eigenvalue weighted by Gasteiger charge is -2.29. The highest BCUT2D eigenvalue weighted by atomic mass is 32.1. The molecule has 0 spiro atoms. The van der Waals surface area contributed by atoms with Crippen LogP contribution in [0.4, 0.5) is 0 Å². The van der Waals surface area contributed by atoms with Crippen LogP contribution in [-0.2, 0) is 11.3 Å². The number of aromatic nitrogens is 1. The van der Waals surface area contributed by atoms with Crippen LogP contribution < -0.4 is 4.87 Å². The zero-order chi connectivity index (χ0) is 12.4. The number of rotatable bonds is 3. The Labute approximate surface area is 103 Å². The molecule has 6 heteroatoms. The third-order valence-electron chi connectivity index (χ3n) is 3.23. The molecule has 0 radical (unpaired) electrons. The van der Waals surface area contributed by atoms with Crippen LogP contribution in [0.3, 0.4) is 0 Å². The summed E-state index contributed by atoms with van der Waals surface area (Å²) >= 11 is 1.25. The molecule has 2 N–H and O–H groups in total. The van der Waals surface area contributed by atoms with Gasteiger partial charge in [0.25, 0.3) is 0 Å². The summed E-state index contributed by atoms with van der Waals surface area (Å²) in [5, 5.41) is 8.90. The van der Waals surface area contributed by atoms with Gasteiger partial charge in [-0.3, -0.25) is 14.5 Å². The van der Waals surface area contributed by atoms with Crippen LogP contribution in [0.25, 0.3) is 0 Å². The standard InChI is InChI=1S/C11H16N2O3S/c1-7-9(17-11(16)12-7)6-13-4-2-8(3-5-13)10(14)15/h8H,2-6H2,1H3,(H,12,16)(H,14,15). The summed E-state index contributed by atoms with van der Waals surface area (Å²) in [6.07, 6.45) is 1.40. The molecule has 94 valence electrons. The largest absolute Gasteiger partial charge is 0.481 e. The molecule has 0 amide bonds. The van der Waals surface area contributed by atoms with Gasteiger partial charge in [-0.1, -0.05) is 11.3 Å². The van der Waals surface area contributed by atoms with E-state index in [0.29, 0.717) is 12.8 Å². The van der Waals surface area contributed by atoms with Gasteiger partial charge in [0.1, 0.15) is 0 Å². The van der Waals surface area contributed by atoms with Crippen LogP contribution in [0.15, 0.2) is 4.79 Å². The highest BCUT2D eigenvalue weighted by molar-refractivity contribution is 7.09. The van der Waals surface area contributed by atoms with Crippen molar-refractivity contribution in [3.05, 3.63) is 20.2 Å². The van der Waals surface area contributed by atoms with E-state index in [2.05, 4.69) is 9.88 Å².